The molecule has 0 radical (unpaired) electrons. The minimum atomic E-state index is -2.67. The molecule has 5 heteroatoms. The molecule has 19 heavy (non-hydrogen) atoms. The second-order valence-electron chi connectivity index (χ2n) is 4.23. The van der Waals surface area contributed by atoms with Crippen molar-refractivity contribution in [2.45, 2.75) is 39.5 Å². The highest BCUT2D eigenvalue weighted by molar-refractivity contribution is 8.07. The number of rotatable bonds is 10. The van der Waals surface area contributed by atoms with E-state index in [1.807, 2.05) is 30.3 Å². The van der Waals surface area contributed by atoms with Gasteiger partial charge in [-0.2, -0.15) is 0 Å². The van der Waals surface area contributed by atoms with Gasteiger partial charge < -0.3 is 4.52 Å². The lowest BCUT2D eigenvalue weighted by Gasteiger charge is -2.22. The largest absolute Gasteiger partial charge is 0.424 e. The van der Waals surface area contributed by atoms with Crippen LogP contribution in [0.25, 0.3) is 0 Å². The zero-order valence-electron chi connectivity index (χ0n) is 11.7. The molecule has 0 aromatic heterocycles. The molecule has 0 heterocycles. The first kappa shape index (κ1) is 16.6. The summed E-state index contributed by atoms with van der Waals surface area (Å²) in [5, 5.41) is 0. The first-order valence-electron chi connectivity index (χ1n) is 6.84. The average molecular weight is 302 g/mol. The van der Waals surface area contributed by atoms with Crippen molar-refractivity contribution in [2.75, 3.05) is 13.2 Å². The SMILES string of the molecule is CCCCOP(=S)(OCCCC)Oc1ccccc1. The third-order valence-electron chi connectivity index (χ3n) is 2.46. The Hall–Kier alpha value is -0.410. The zero-order valence-corrected chi connectivity index (χ0v) is 13.4. The van der Waals surface area contributed by atoms with E-state index in [-0.39, 0.29) is 0 Å². The molecule has 3 nitrogen and oxygen atoms in total. The van der Waals surface area contributed by atoms with Gasteiger partial charge in [0.1, 0.15) is 5.75 Å². The van der Waals surface area contributed by atoms with Crippen molar-refractivity contribution in [1.29, 1.82) is 0 Å². The van der Waals surface area contributed by atoms with Gasteiger partial charge in [0.15, 0.2) is 0 Å². The summed E-state index contributed by atoms with van der Waals surface area (Å²) in [7, 11) is 0. The molecular weight excluding hydrogens is 279 g/mol. The van der Waals surface area contributed by atoms with Crippen LogP contribution in [0.3, 0.4) is 0 Å². The fourth-order valence-corrected chi connectivity index (χ4v) is 3.31. The summed E-state index contributed by atoms with van der Waals surface area (Å²) in [5.41, 5.74) is 0. The summed E-state index contributed by atoms with van der Waals surface area (Å²) in [6.07, 6.45) is 4.06. The molecule has 108 valence electrons. The van der Waals surface area contributed by atoms with Crippen LogP contribution >= 0.6 is 6.72 Å². The number of hydrogen-bond donors (Lipinski definition) is 0. The van der Waals surface area contributed by atoms with E-state index in [1.54, 1.807) is 0 Å². The Morgan fingerprint density at radius 3 is 1.95 bits per heavy atom. The van der Waals surface area contributed by atoms with Crippen molar-refractivity contribution < 1.29 is 13.6 Å². The first-order chi connectivity index (χ1) is 9.20. The lowest BCUT2D eigenvalue weighted by atomic mass is 10.3. The van der Waals surface area contributed by atoms with E-state index in [0.717, 1.165) is 25.7 Å². The number of unbranched alkanes of at least 4 members (excludes halogenated alkanes) is 2. The van der Waals surface area contributed by atoms with Gasteiger partial charge in [-0.05, 0) is 25.0 Å². The zero-order chi connectivity index (χ0) is 14.0. The summed E-state index contributed by atoms with van der Waals surface area (Å²) in [6, 6.07) is 9.49. The Balaban J connectivity index is 2.59. The molecule has 0 saturated carbocycles. The Morgan fingerprint density at radius 1 is 0.947 bits per heavy atom. The molecule has 1 aromatic rings. The van der Waals surface area contributed by atoms with Crippen LogP contribution < -0.4 is 4.52 Å². The third-order valence-corrected chi connectivity index (χ3v) is 4.74. The Bertz CT molecular complexity index is 370. The van der Waals surface area contributed by atoms with E-state index in [1.165, 1.54) is 0 Å². The van der Waals surface area contributed by atoms with Gasteiger partial charge in [0, 0.05) is 11.8 Å². The molecule has 1 aromatic carbocycles. The molecule has 0 bridgehead atoms. The number of hydrogen-bond acceptors (Lipinski definition) is 4. The predicted octanol–water partition coefficient (Wildman–Crippen LogP) is 4.92. The van der Waals surface area contributed by atoms with Gasteiger partial charge in [-0.25, -0.2) is 0 Å². The monoisotopic (exact) mass is 302 g/mol. The molecule has 0 atom stereocenters. The Kier molecular flexibility index (Phi) is 8.31. The molecule has 0 aliphatic carbocycles. The van der Waals surface area contributed by atoms with Crippen molar-refractivity contribution in [3.63, 3.8) is 0 Å². The molecule has 0 aliphatic rings. The highest BCUT2D eigenvalue weighted by Gasteiger charge is 2.22. The molecule has 0 amide bonds. The lowest BCUT2D eigenvalue weighted by molar-refractivity contribution is 0.197. The van der Waals surface area contributed by atoms with Crippen LogP contribution in [0.4, 0.5) is 0 Å². The third kappa shape index (κ3) is 7.07. The van der Waals surface area contributed by atoms with E-state index in [9.17, 15) is 0 Å². The highest BCUT2D eigenvalue weighted by Crippen LogP contribution is 2.50. The minimum Gasteiger partial charge on any atom is -0.424 e. The van der Waals surface area contributed by atoms with Crippen LogP contribution in [-0.2, 0) is 20.9 Å². The normalized spacial score (nSPS) is 11.5. The lowest BCUT2D eigenvalue weighted by Crippen LogP contribution is -2.04. The van der Waals surface area contributed by atoms with Crippen LogP contribution in [0.1, 0.15) is 39.5 Å². The summed E-state index contributed by atoms with van der Waals surface area (Å²) in [5.74, 6) is 0.707. The standard InChI is InChI=1S/C14H23O3PS/c1-3-5-12-15-18(19,16-13-6-4-2)17-14-10-8-7-9-11-14/h7-11H,3-6,12-13H2,1-2H3. The molecule has 0 unspecified atom stereocenters. The van der Waals surface area contributed by atoms with Crippen LogP contribution in [0.2, 0.25) is 0 Å². The molecule has 0 N–H and O–H groups in total. The van der Waals surface area contributed by atoms with Crippen molar-refractivity contribution in [3.05, 3.63) is 30.3 Å². The average Bonchev–Trinajstić information content (AvgIpc) is 2.40. The molecule has 0 fully saturated rings. The van der Waals surface area contributed by atoms with Crippen molar-refractivity contribution >= 4 is 18.5 Å². The Morgan fingerprint density at radius 2 is 1.47 bits per heavy atom. The fraction of sp³-hybridized carbons (Fsp3) is 0.571. The van der Waals surface area contributed by atoms with Crippen molar-refractivity contribution in [1.82, 2.24) is 0 Å². The maximum Gasteiger partial charge on any atom is 0.380 e. The van der Waals surface area contributed by atoms with Gasteiger partial charge in [0.2, 0.25) is 0 Å². The molecule has 1 rings (SSSR count). The highest BCUT2D eigenvalue weighted by atomic mass is 32.5. The first-order valence-corrected chi connectivity index (χ1v) is 9.39. The van der Waals surface area contributed by atoms with E-state index >= 15 is 0 Å². The van der Waals surface area contributed by atoms with Gasteiger partial charge in [-0.15, -0.1) is 0 Å². The minimum absolute atomic E-state index is 0.590. The smallest absolute Gasteiger partial charge is 0.380 e. The van der Waals surface area contributed by atoms with Gasteiger partial charge in [-0.1, -0.05) is 44.9 Å². The molecule has 0 spiro atoms. The second-order valence-corrected chi connectivity index (χ2v) is 7.16. The van der Waals surface area contributed by atoms with E-state index < -0.39 is 6.72 Å². The van der Waals surface area contributed by atoms with Crippen LogP contribution in [0.5, 0.6) is 5.75 Å². The van der Waals surface area contributed by atoms with E-state index in [0.29, 0.717) is 19.0 Å². The summed E-state index contributed by atoms with van der Waals surface area (Å²) < 4.78 is 17.2. The summed E-state index contributed by atoms with van der Waals surface area (Å²) >= 11 is 5.46. The van der Waals surface area contributed by atoms with Crippen molar-refractivity contribution in [3.8, 4) is 5.75 Å². The van der Waals surface area contributed by atoms with E-state index in [4.69, 9.17) is 25.4 Å². The molecule has 0 saturated heterocycles. The quantitative estimate of drug-likeness (QED) is 0.453. The second kappa shape index (κ2) is 9.49. The fourth-order valence-electron chi connectivity index (χ4n) is 1.34. The van der Waals surface area contributed by atoms with Gasteiger partial charge in [-0.3, -0.25) is 9.05 Å². The topological polar surface area (TPSA) is 27.7 Å². The maximum absolute atomic E-state index is 5.78. The van der Waals surface area contributed by atoms with Crippen molar-refractivity contribution in [2.24, 2.45) is 0 Å². The predicted molar refractivity (Wildman–Crippen MR) is 83.1 cm³/mol. The van der Waals surface area contributed by atoms with Crippen LogP contribution in [0, 0.1) is 0 Å². The summed E-state index contributed by atoms with van der Waals surface area (Å²) in [4.78, 5) is 0. The molecular formula is C14H23O3PS. The number of para-hydroxylation sites is 1. The Labute approximate surface area is 121 Å². The summed E-state index contributed by atoms with van der Waals surface area (Å²) in [6.45, 7) is 2.74. The van der Waals surface area contributed by atoms with Gasteiger partial charge in [0.05, 0.1) is 13.2 Å². The van der Waals surface area contributed by atoms with Gasteiger partial charge >= 0.3 is 6.72 Å². The number of benzene rings is 1. The maximum atomic E-state index is 5.78. The van der Waals surface area contributed by atoms with E-state index in [2.05, 4.69) is 13.8 Å². The van der Waals surface area contributed by atoms with Crippen LogP contribution in [0.15, 0.2) is 30.3 Å². The van der Waals surface area contributed by atoms with Gasteiger partial charge in [0.25, 0.3) is 0 Å². The molecule has 0 aliphatic heterocycles. The van der Waals surface area contributed by atoms with Crippen LogP contribution in [-0.4, -0.2) is 13.2 Å².